The average Bonchev–Trinajstić information content (AvgIpc) is 3.14. The number of ether oxygens (including phenoxy) is 2. The summed E-state index contributed by atoms with van der Waals surface area (Å²) in [5.41, 5.74) is 4.54. The number of nitrogens with zero attached hydrogens (tertiary/aromatic N) is 2. The first kappa shape index (κ1) is 40.5. The van der Waals surface area contributed by atoms with Crippen molar-refractivity contribution >= 4 is 45.5 Å². The number of nitrogens with one attached hydrogen (secondary N) is 4. The summed E-state index contributed by atoms with van der Waals surface area (Å²) in [6, 6.07) is 25.7. The molecule has 13 nitrogen and oxygen atoms in total. The Kier molecular flexibility index (Phi) is 15.8. The van der Waals surface area contributed by atoms with Crippen LogP contribution in [0.3, 0.4) is 0 Å². The molecular weight excluding hydrogens is 676 g/mol. The third-order valence-electron chi connectivity index (χ3n) is 8.87. The maximum Gasteiger partial charge on any atom is 0.404 e. The highest BCUT2D eigenvalue weighted by Crippen LogP contribution is 2.24. The van der Waals surface area contributed by atoms with Crippen LogP contribution in [0.2, 0.25) is 0 Å². The van der Waals surface area contributed by atoms with E-state index in [0.29, 0.717) is 26.1 Å². The Morgan fingerprint density at radius 3 is 1.98 bits per heavy atom. The Balaban J connectivity index is 1.49. The van der Waals surface area contributed by atoms with Gasteiger partial charge in [0.15, 0.2) is 6.29 Å². The van der Waals surface area contributed by atoms with Crippen LogP contribution in [0.15, 0.2) is 84.9 Å². The molecule has 0 saturated heterocycles. The van der Waals surface area contributed by atoms with Gasteiger partial charge in [0.2, 0.25) is 11.8 Å². The van der Waals surface area contributed by atoms with E-state index in [1.54, 1.807) is 11.9 Å². The Hall–Kier alpha value is -5.24. The second-order valence-electron chi connectivity index (χ2n) is 12.8. The van der Waals surface area contributed by atoms with Gasteiger partial charge in [-0.2, -0.15) is 0 Å². The van der Waals surface area contributed by atoms with E-state index in [4.69, 9.17) is 14.6 Å². The van der Waals surface area contributed by atoms with Crippen LogP contribution in [0.4, 0.5) is 9.59 Å². The van der Waals surface area contributed by atoms with Crippen molar-refractivity contribution in [2.45, 2.75) is 71.5 Å². The summed E-state index contributed by atoms with van der Waals surface area (Å²) in [7, 11) is 1.56. The van der Waals surface area contributed by atoms with Gasteiger partial charge in [-0.25, -0.2) is 14.6 Å². The van der Waals surface area contributed by atoms with Crippen molar-refractivity contribution in [3.8, 4) is 0 Å². The molecule has 2 unspecified atom stereocenters. The Morgan fingerprint density at radius 1 is 0.774 bits per heavy atom. The maximum atomic E-state index is 14.6. The monoisotopic (exact) mass is 728 g/mol. The number of benzene rings is 4. The van der Waals surface area contributed by atoms with Crippen LogP contribution in [0.5, 0.6) is 0 Å². The number of carbonyl (C=O) groups excluding carboxylic acids is 3. The molecule has 5 N–H and O–H groups in total. The van der Waals surface area contributed by atoms with Crippen LogP contribution in [-0.2, 0) is 32.2 Å². The van der Waals surface area contributed by atoms with Crippen LogP contribution >= 0.6 is 0 Å². The quantitative estimate of drug-likeness (QED) is 0.0461. The van der Waals surface area contributed by atoms with Crippen molar-refractivity contribution in [2.24, 2.45) is 0 Å². The van der Waals surface area contributed by atoms with Crippen LogP contribution in [0.1, 0.15) is 51.2 Å². The van der Waals surface area contributed by atoms with Crippen LogP contribution in [0, 0.1) is 0 Å². The fourth-order valence-electron chi connectivity index (χ4n) is 6.29. The molecule has 0 fully saturated rings. The third kappa shape index (κ3) is 12.2. The number of hydrogen-bond acceptors (Lipinski definition) is 7. The Labute approximate surface area is 311 Å². The number of likely N-dealkylation sites (N-methyl/N-ethyl adjacent to an activating group) is 1. The smallest absolute Gasteiger partial charge is 0.404 e. The molecule has 5 amide bonds. The lowest BCUT2D eigenvalue weighted by atomic mass is 10.0. The number of amides is 5. The molecule has 0 aliphatic rings. The molecule has 0 aliphatic heterocycles. The topological polar surface area (TPSA) is 162 Å². The van der Waals surface area contributed by atoms with Crippen LogP contribution in [0.25, 0.3) is 21.5 Å². The molecular formula is C40H52N6O7. The second kappa shape index (κ2) is 20.7. The average molecular weight is 729 g/mol. The van der Waals surface area contributed by atoms with E-state index in [0.717, 1.165) is 32.7 Å². The molecule has 0 saturated carbocycles. The summed E-state index contributed by atoms with van der Waals surface area (Å²) in [6.45, 7) is 6.82. The molecule has 0 bridgehead atoms. The molecule has 4 aromatic rings. The number of fused-ring (bicyclic) bond motifs is 2. The van der Waals surface area contributed by atoms with E-state index in [1.165, 1.54) is 5.01 Å². The summed E-state index contributed by atoms with van der Waals surface area (Å²) in [4.78, 5) is 53.6. The minimum Gasteiger partial charge on any atom is -0.465 e. The van der Waals surface area contributed by atoms with Gasteiger partial charge in [0.25, 0.3) is 0 Å². The van der Waals surface area contributed by atoms with Gasteiger partial charge in [-0.1, -0.05) is 84.9 Å². The first-order valence-electron chi connectivity index (χ1n) is 18.1. The molecule has 53 heavy (non-hydrogen) atoms. The summed E-state index contributed by atoms with van der Waals surface area (Å²) >= 11 is 0. The van der Waals surface area contributed by atoms with Crippen molar-refractivity contribution < 1.29 is 33.8 Å². The molecule has 4 aromatic carbocycles. The van der Waals surface area contributed by atoms with Gasteiger partial charge in [0, 0.05) is 39.9 Å². The lowest BCUT2D eigenvalue weighted by Crippen LogP contribution is -2.56. The fourth-order valence-corrected chi connectivity index (χ4v) is 6.29. The Morgan fingerprint density at radius 2 is 1.36 bits per heavy atom. The van der Waals surface area contributed by atoms with Gasteiger partial charge in [-0.3, -0.25) is 15.0 Å². The van der Waals surface area contributed by atoms with Crippen molar-refractivity contribution in [1.29, 1.82) is 0 Å². The van der Waals surface area contributed by atoms with Gasteiger partial charge in [-0.05, 0) is 72.7 Å². The molecule has 2 atom stereocenters. The summed E-state index contributed by atoms with van der Waals surface area (Å²) < 4.78 is 11.9. The zero-order valence-electron chi connectivity index (χ0n) is 31.0. The van der Waals surface area contributed by atoms with Crippen LogP contribution in [-0.4, -0.2) is 90.7 Å². The maximum absolute atomic E-state index is 14.6. The summed E-state index contributed by atoms with van der Waals surface area (Å²) in [5, 5.41) is 22.6. The van der Waals surface area contributed by atoms with Crippen molar-refractivity contribution in [1.82, 2.24) is 31.3 Å². The predicted molar refractivity (Wildman–Crippen MR) is 205 cm³/mol. The molecule has 0 aromatic heterocycles. The molecule has 284 valence electrons. The highest BCUT2D eigenvalue weighted by molar-refractivity contribution is 5.90. The largest absolute Gasteiger partial charge is 0.465 e. The van der Waals surface area contributed by atoms with E-state index >= 15 is 0 Å². The first-order chi connectivity index (χ1) is 25.6. The van der Waals surface area contributed by atoms with E-state index in [2.05, 4.69) is 21.4 Å². The van der Waals surface area contributed by atoms with Crippen molar-refractivity contribution in [3.05, 3.63) is 96.1 Å². The van der Waals surface area contributed by atoms with Crippen LogP contribution < -0.4 is 21.4 Å². The van der Waals surface area contributed by atoms with Gasteiger partial charge in [-0.15, -0.1) is 0 Å². The van der Waals surface area contributed by atoms with Gasteiger partial charge in [0.05, 0.1) is 12.6 Å². The summed E-state index contributed by atoms with van der Waals surface area (Å²) in [5.74, 6) is -0.814. The molecule has 0 aliphatic carbocycles. The standard InChI is InChI=1S/C40H52N6O7/c1-5-52-38(53-6-2)28(3)46(26-32-20-14-18-30-16-8-10-22-34(30)32)37(48)35(23-11-12-24-41-40(50)51)43-36(47)27-45(4)44-39(49)42-25-31-19-13-17-29-15-7-9-21-33(29)31/h7-10,13-22,28,35,38,41H,5-6,11-12,23-27H2,1-4H3,(H,43,47)(H,50,51)(H2,42,44,49). The molecule has 0 spiro atoms. The second-order valence-corrected chi connectivity index (χ2v) is 12.8. The molecule has 0 radical (unpaired) electrons. The van der Waals surface area contributed by atoms with Gasteiger partial charge in [0.1, 0.15) is 6.04 Å². The van der Waals surface area contributed by atoms with E-state index in [1.807, 2.05) is 106 Å². The lowest BCUT2D eigenvalue weighted by molar-refractivity contribution is -0.179. The third-order valence-corrected chi connectivity index (χ3v) is 8.87. The van der Waals surface area contributed by atoms with E-state index < -0.39 is 36.4 Å². The highest BCUT2D eigenvalue weighted by atomic mass is 16.7. The Bertz CT molecular complexity index is 1800. The number of carboxylic acid groups (broad SMARTS) is 1. The first-order valence-corrected chi connectivity index (χ1v) is 18.1. The van der Waals surface area contributed by atoms with Gasteiger partial charge >= 0.3 is 12.1 Å². The highest BCUT2D eigenvalue weighted by Gasteiger charge is 2.34. The number of unbranched alkanes of at least 4 members (excludes halogenated alkanes) is 1. The fraction of sp³-hybridized carbons (Fsp3) is 0.400. The normalized spacial score (nSPS) is 12.4. The zero-order valence-corrected chi connectivity index (χ0v) is 31.0. The lowest BCUT2D eigenvalue weighted by Gasteiger charge is -2.37. The van der Waals surface area contributed by atoms with Gasteiger partial charge < -0.3 is 35.4 Å². The van der Waals surface area contributed by atoms with E-state index in [9.17, 15) is 19.2 Å². The number of urea groups is 1. The molecule has 13 heteroatoms. The number of carbonyl (C=O) groups is 4. The molecule has 4 rings (SSSR count). The number of hydrogen-bond donors (Lipinski definition) is 5. The molecule has 0 heterocycles. The minimum atomic E-state index is -1.13. The number of hydrazine groups is 1. The van der Waals surface area contributed by atoms with E-state index in [-0.39, 0.29) is 38.5 Å². The predicted octanol–water partition coefficient (Wildman–Crippen LogP) is 5.38. The number of rotatable bonds is 20. The van der Waals surface area contributed by atoms with Crippen molar-refractivity contribution in [2.75, 3.05) is 33.4 Å². The minimum absolute atomic E-state index is 0.206. The van der Waals surface area contributed by atoms with Crippen molar-refractivity contribution in [3.63, 3.8) is 0 Å². The zero-order chi connectivity index (χ0) is 38.2. The SMILES string of the molecule is CCOC(OCC)C(C)N(Cc1cccc2ccccc12)C(=O)C(CCCCNC(=O)O)NC(=O)CN(C)NC(=O)NCc1cccc2ccccc12. The summed E-state index contributed by atoms with van der Waals surface area (Å²) in [6.07, 6.45) is -0.679.